The van der Waals surface area contributed by atoms with Gasteiger partial charge in [-0.3, -0.25) is 0 Å². The summed E-state index contributed by atoms with van der Waals surface area (Å²) >= 11 is 3.03. The topological polar surface area (TPSA) is 68.7 Å². The zero-order valence-electron chi connectivity index (χ0n) is 12.2. The number of aliphatic hydroxyl groups excluding tert-OH is 2. The van der Waals surface area contributed by atoms with Gasteiger partial charge in [0.2, 0.25) is 0 Å². The van der Waals surface area contributed by atoms with Crippen LogP contribution in [0.3, 0.4) is 0 Å². The number of nitrogens with zero attached hydrogens (tertiary/aromatic N) is 2. The first kappa shape index (κ1) is 20.4. The Bertz CT molecular complexity index is 257. The fraction of sp³-hybridized carbons (Fsp3) is 0.857. The van der Waals surface area contributed by atoms with Gasteiger partial charge in [0.25, 0.3) is 0 Å². The van der Waals surface area contributed by atoms with Gasteiger partial charge in [0.05, 0.1) is 0 Å². The van der Waals surface area contributed by atoms with Crippen molar-refractivity contribution in [3.63, 3.8) is 0 Å². The molecule has 0 bridgehead atoms. The van der Waals surface area contributed by atoms with E-state index in [1.54, 1.807) is 0 Å². The molecular formula is C14H26ClCoN2O2. The number of hydrogen-bond donors (Lipinski definition) is 2. The standard InChI is InChI=1S/C7H14NO.C7H12NO.ClH.Co/c2*1-6-3-2-4-7(5-9)8-6;;/h6-7,9H,2-5H2,1H3;2-3,6-7,9H,4-5H2,1H3;1H;/q2*-1;;+3/p-1. The maximum atomic E-state index is 8.72. The first-order valence-corrected chi connectivity index (χ1v) is 8.49. The van der Waals surface area contributed by atoms with Gasteiger partial charge >= 0.3 is 25.0 Å². The first-order chi connectivity index (χ1) is 9.65. The summed E-state index contributed by atoms with van der Waals surface area (Å²) < 4.78 is 0. The van der Waals surface area contributed by atoms with Gasteiger partial charge in [-0.15, -0.1) is 30.2 Å². The third-order valence-corrected chi connectivity index (χ3v) is 3.31. The zero-order chi connectivity index (χ0) is 15.4. The van der Waals surface area contributed by atoms with Gasteiger partial charge in [-0.1, -0.05) is 39.2 Å². The molecule has 0 aromatic rings. The minimum absolute atomic E-state index is 0.157. The van der Waals surface area contributed by atoms with Crippen LogP contribution < -0.4 is 0 Å². The molecule has 2 N–H and O–H groups in total. The van der Waals surface area contributed by atoms with Crippen molar-refractivity contribution in [1.82, 2.24) is 0 Å². The molecule has 1 fully saturated rings. The molecule has 4 unspecified atom stereocenters. The Morgan fingerprint density at radius 2 is 1.75 bits per heavy atom. The summed E-state index contributed by atoms with van der Waals surface area (Å²) in [4.78, 5) is 0. The molecule has 2 heterocycles. The van der Waals surface area contributed by atoms with Crippen LogP contribution in [0, 0.1) is 0 Å². The fourth-order valence-electron chi connectivity index (χ4n) is 2.29. The van der Waals surface area contributed by atoms with Gasteiger partial charge in [-0.25, -0.2) is 0 Å². The predicted molar refractivity (Wildman–Crippen MR) is 80.9 cm³/mol. The molecule has 2 aliphatic rings. The average Bonchev–Trinajstić information content (AvgIpc) is 2.50. The summed E-state index contributed by atoms with van der Waals surface area (Å²) in [5.41, 5.74) is 0. The summed E-state index contributed by atoms with van der Waals surface area (Å²) in [6, 6.07) is 1.19. The van der Waals surface area contributed by atoms with Crippen molar-refractivity contribution in [2.75, 3.05) is 13.2 Å². The molecular weight excluding hydrogens is 323 g/mol. The van der Waals surface area contributed by atoms with Crippen LogP contribution in [0.5, 0.6) is 0 Å². The molecule has 0 aromatic heterocycles. The number of piperidine rings is 1. The summed E-state index contributed by atoms with van der Waals surface area (Å²) in [6.45, 7) is 4.57. The number of rotatable bonds is 2. The van der Waals surface area contributed by atoms with E-state index >= 15 is 0 Å². The monoisotopic (exact) mass is 348 g/mol. The van der Waals surface area contributed by atoms with Crippen molar-refractivity contribution in [1.29, 1.82) is 0 Å². The first-order valence-electron chi connectivity index (χ1n) is 7.06. The molecule has 20 heavy (non-hydrogen) atoms. The zero-order valence-corrected chi connectivity index (χ0v) is 14.0. The Hall–Kier alpha value is 0.376. The second-order valence-electron chi connectivity index (χ2n) is 5.16. The van der Waals surface area contributed by atoms with Gasteiger partial charge in [-0.2, -0.15) is 0 Å². The van der Waals surface area contributed by atoms with E-state index < -0.39 is 0 Å². The van der Waals surface area contributed by atoms with Crippen LogP contribution in [0.4, 0.5) is 0 Å². The molecule has 0 aliphatic carbocycles. The molecule has 4 nitrogen and oxygen atoms in total. The van der Waals surface area contributed by atoms with Crippen LogP contribution in [-0.4, -0.2) is 47.6 Å². The SMILES string of the molecule is CC1C=CCC(CO)[N-]1.CC1CCCC(CO)[N-]1.[Cl][Co+2]. The van der Waals surface area contributed by atoms with Crippen LogP contribution in [0.2, 0.25) is 0 Å². The van der Waals surface area contributed by atoms with Gasteiger partial charge in [0, 0.05) is 13.2 Å². The van der Waals surface area contributed by atoms with Crippen LogP contribution in [0.15, 0.2) is 12.2 Å². The van der Waals surface area contributed by atoms with Crippen molar-refractivity contribution in [3.8, 4) is 0 Å². The Labute approximate surface area is 135 Å². The van der Waals surface area contributed by atoms with E-state index in [1.807, 2.05) is 6.92 Å². The van der Waals surface area contributed by atoms with Crippen molar-refractivity contribution < 1.29 is 25.0 Å². The third kappa shape index (κ3) is 9.34. The van der Waals surface area contributed by atoms with E-state index in [4.69, 9.17) is 10.2 Å². The van der Waals surface area contributed by atoms with Gasteiger partial charge in [0.15, 0.2) is 0 Å². The van der Waals surface area contributed by atoms with Crippen LogP contribution in [-0.2, 0) is 14.8 Å². The normalized spacial score (nSPS) is 32.5. The van der Waals surface area contributed by atoms with Gasteiger partial charge in [-0.05, 0) is 6.42 Å². The Morgan fingerprint density at radius 3 is 2.15 bits per heavy atom. The van der Waals surface area contributed by atoms with Crippen LogP contribution in [0.25, 0.3) is 10.6 Å². The minimum atomic E-state index is 0.157. The molecule has 0 aromatic carbocycles. The quantitative estimate of drug-likeness (QED) is 0.753. The Kier molecular flexibility index (Phi) is 13.3. The van der Waals surface area contributed by atoms with E-state index in [9.17, 15) is 0 Å². The van der Waals surface area contributed by atoms with Gasteiger partial charge in [0.1, 0.15) is 0 Å². The maximum absolute atomic E-state index is 8.72. The Balaban J connectivity index is 0.000000321. The molecule has 120 valence electrons. The van der Waals surface area contributed by atoms with Crippen molar-refractivity contribution in [2.45, 2.75) is 63.7 Å². The van der Waals surface area contributed by atoms with Crippen molar-refractivity contribution in [2.24, 2.45) is 0 Å². The second-order valence-corrected chi connectivity index (χ2v) is 5.16. The van der Waals surface area contributed by atoms with E-state index in [1.165, 1.54) is 12.8 Å². The van der Waals surface area contributed by atoms with Crippen molar-refractivity contribution in [3.05, 3.63) is 22.8 Å². The summed E-state index contributed by atoms with van der Waals surface area (Å²) in [5, 5.41) is 26.0. The van der Waals surface area contributed by atoms with E-state index in [0.29, 0.717) is 12.1 Å². The molecule has 0 amide bonds. The fourth-order valence-corrected chi connectivity index (χ4v) is 2.29. The molecule has 6 heteroatoms. The Morgan fingerprint density at radius 1 is 1.10 bits per heavy atom. The second kappa shape index (κ2) is 13.1. The number of aliphatic hydroxyl groups is 2. The predicted octanol–water partition coefficient (Wildman–Crippen LogP) is 3.05. The van der Waals surface area contributed by atoms with Crippen LogP contribution >= 0.6 is 10.1 Å². The number of hydrogen-bond acceptors (Lipinski definition) is 2. The molecule has 1 saturated heterocycles. The van der Waals surface area contributed by atoms with E-state index in [2.05, 4.69) is 54.7 Å². The molecule has 0 saturated carbocycles. The van der Waals surface area contributed by atoms with Crippen LogP contribution in [0.1, 0.15) is 39.5 Å². The molecule has 4 atom stereocenters. The van der Waals surface area contributed by atoms with E-state index in [0.717, 1.165) is 12.8 Å². The average molecular weight is 349 g/mol. The molecule has 2 rings (SSSR count). The number of halogens is 1. The molecule has 2 aliphatic heterocycles. The molecule has 0 radical (unpaired) electrons. The molecule has 0 spiro atoms. The third-order valence-electron chi connectivity index (χ3n) is 3.31. The summed E-state index contributed by atoms with van der Waals surface area (Å²) in [5.74, 6) is 0. The van der Waals surface area contributed by atoms with E-state index in [-0.39, 0.29) is 25.3 Å². The van der Waals surface area contributed by atoms with Gasteiger partial charge < -0.3 is 20.8 Å². The van der Waals surface area contributed by atoms with Crippen molar-refractivity contribution >= 4 is 10.1 Å². The summed E-state index contributed by atoms with van der Waals surface area (Å²) in [7, 11) is 4.33. The summed E-state index contributed by atoms with van der Waals surface area (Å²) in [6.07, 6.45) is 8.57.